The number of amides is 2. The minimum Gasteiger partial charge on any atom is -0.444 e. The second-order valence-corrected chi connectivity index (χ2v) is 14.5. The van der Waals surface area contributed by atoms with Crippen molar-refractivity contribution < 1.29 is 14.3 Å². The van der Waals surface area contributed by atoms with Crippen LogP contribution in [0.2, 0.25) is 10.0 Å². The Morgan fingerprint density at radius 1 is 1.05 bits per heavy atom. The molecule has 2 aromatic rings. The first-order chi connectivity index (χ1) is 19.3. The van der Waals surface area contributed by atoms with Gasteiger partial charge in [-0.05, 0) is 81.9 Å². The molecule has 2 aliphatic rings. The molecule has 224 valence electrons. The van der Waals surface area contributed by atoms with Gasteiger partial charge in [-0.15, -0.1) is 11.8 Å². The number of carbonyl (C=O) groups excluding carboxylic acids is 2. The van der Waals surface area contributed by atoms with E-state index in [9.17, 15) is 9.59 Å². The Labute approximate surface area is 259 Å². The van der Waals surface area contributed by atoms with Crippen molar-refractivity contribution in [3.8, 4) is 0 Å². The third-order valence-corrected chi connectivity index (χ3v) is 10.9. The lowest BCUT2D eigenvalue weighted by atomic mass is 9.83. The van der Waals surface area contributed by atoms with E-state index in [4.69, 9.17) is 27.9 Å². The molecule has 9 heteroatoms. The Kier molecular flexibility index (Phi) is 9.94. The van der Waals surface area contributed by atoms with E-state index in [1.165, 1.54) is 11.1 Å². The molecule has 41 heavy (non-hydrogen) atoms. The van der Waals surface area contributed by atoms with Crippen LogP contribution in [-0.2, 0) is 25.6 Å². The van der Waals surface area contributed by atoms with E-state index < -0.39 is 17.2 Å². The normalized spacial score (nSPS) is 18.0. The third-order valence-electron chi connectivity index (χ3n) is 8.51. The number of thioether (sulfide) groups is 1. The van der Waals surface area contributed by atoms with Crippen LogP contribution in [0.4, 0.5) is 4.79 Å². The lowest BCUT2D eigenvalue weighted by molar-refractivity contribution is -0.131. The van der Waals surface area contributed by atoms with Gasteiger partial charge in [0.05, 0.1) is 15.6 Å². The number of carbonyl (C=O) groups is 2. The molecule has 1 saturated heterocycles. The first kappa shape index (κ1) is 32.0. The first-order valence-electron chi connectivity index (χ1n) is 14.4. The van der Waals surface area contributed by atoms with E-state index in [0.29, 0.717) is 29.4 Å². The van der Waals surface area contributed by atoms with E-state index in [2.05, 4.69) is 40.9 Å². The van der Waals surface area contributed by atoms with Gasteiger partial charge in [0, 0.05) is 44.1 Å². The maximum Gasteiger partial charge on any atom is 0.410 e. The highest BCUT2D eigenvalue weighted by Crippen LogP contribution is 2.53. The third kappa shape index (κ3) is 7.01. The molecule has 0 aromatic heterocycles. The van der Waals surface area contributed by atoms with Crippen LogP contribution in [0.5, 0.6) is 0 Å². The summed E-state index contributed by atoms with van der Waals surface area (Å²) in [7, 11) is 3.55. The number of nitrogens with zero attached hydrogens (tertiary/aromatic N) is 3. The molecule has 2 amide bonds. The minimum absolute atomic E-state index is 0.00358. The number of ether oxygens (including phenoxy) is 1. The van der Waals surface area contributed by atoms with Crippen LogP contribution in [0, 0.1) is 0 Å². The molecule has 0 radical (unpaired) electrons. The molecule has 2 aromatic carbocycles. The highest BCUT2D eigenvalue weighted by molar-refractivity contribution is 7.99. The number of likely N-dealkylation sites (N-methyl/N-ethyl adjacent to an activating group) is 2. The Morgan fingerprint density at radius 3 is 2.37 bits per heavy atom. The standard InChI is InChI=1S/C32H43Cl2N3O3S/c1-7-28(38)35(5)22-31(24-12-13-26(33)27(34)20-24,36(6)29(39)40-30(2,3)4)14-17-37-18-15-32(16-19-37)25-11-9-8-10-23(25)21-41-32/h8-13,20H,7,14-19,21-22H2,1-6H3/t31-/m1/s1. The summed E-state index contributed by atoms with van der Waals surface area (Å²) in [5.41, 5.74) is 2.23. The maximum atomic E-state index is 13.6. The van der Waals surface area contributed by atoms with Crippen LogP contribution in [0.15, 0.2) is 42.5 Å². The summed E-state index contributed by atoms with van der Waals surface area (Å²) in [6, 6.07) is 14.4. The molecular weight excluding hydrogens is 577 g/mol. The monoisotopic (exact) mass is 619 g/mol. The van der Waals surface area contributed by atoms with Crippen LogP contribution in [0.25, 0.3) is 0 Å². The summed E-state index contributed by atoms with van der Waals surface area (Å²) >= 11 is 14.9. The quantitative estimate of drug-likeness (QED) is 0.305. The van der Waals surface area contributed by atoms with Crippen molar-refractivity contribution in [2.24, 2.45) is 0 Å². The van der Waals surface area contributed by atoms with Crippen molar-refractivity contribution in [1.82, 2.24) is 14.7 Å². The SMILES string of the molecule is CCC(=O)N(C)C[C@](CCN1CCC2(CC1)SCc1ccccc12)(c1ccc(Cl)c(Cl)c1)N(C)C(=O)OC(C)(C)C. The molecule has 6 nitrogen and oxygen atoms in total. The van der Waals surface area contributed by atoms with E-state index in [1.54, 1.807) is 30.0 Å². The Bertz CT molecular complexity index is 1260. The number of likely N-dealkylation sites (tertiary alicyclic amines) is 1. The van der Waals surface area contributed by atoms with Crippen LogP contribution >= 0.6 is 35.0 Å². The fourth-order valence-corrected chi connectivity index (χ4v) is 7.91. The zero-order valence-electron chi connectivity index (χ0n) is 25.1. The van der Waals surface area contributed by atoms with E-state index in [1.807, 2.05) is 39.8 Å². The number of hydrogen-bond donors (Lipinski definition) is 0. The summed E-state index contributed by atoms with van der Waals surface area (Å²) < 4.78 is 6.04. The van der Waals surface area contributed by atoms with Gasteiger partial charge in [-0.1, -0.05) is 60.5 Å². The second kappa shape index (κ2) is 12.7. The van der Waals surface area contributed by atoms with Crippen molar-refractivity contribution in [3.63, 3.8) is 0 Å². The topological polar surface area (TPSA) is 53.1 Å². The lowest BCUT2D eigenvalue weighted by Gasteiger charge is -2.46. The molecule has 2 heterocycles. The molecule has 0 unspecified atom stereocenters. The number of benzene rings is 2. The number of rotatable bonds is 8. The molecular formula is C32H43Cl2N3O3S. The Hall–Kier alpha value is -1.93. The number of fused-ring (bicyclic) bond motifs is 2. The molecule has 0 bridgehead atoms. The van der Waals surface area contributed by atoms with E-state index in [0.717, 1.165) is 43.8 Å². The average Bonchev–Trinajstić information content (AvgIpc) is 3.29. The van der Waals surface area contributed by atoms with Crippen molar-refractivity contribution in [1.29, 1.82) is 0 Å². The summed E-state index contributed by atoms with van der Waals surface area (Å²) in [4.78, 5) is 32.3. The van der Waals surface area contributed by atoms with E-state index in [-0.39, 0.29) is 10.7 Å². The zero-order valence-corrected chi connectivity index (χ0v) is 27.5. The highest BCUT2D eigenvalue weighted by Gasteiger charge is 2.45. The fraction of sp³-hybridized carbons (Fsp3) is 0.562. The molecule has 1 atom stereocenters. The number of piperidine rings is 1. The lowest BCUT2D eigenvalue weighted by Crippen LogP contribution is -2.56. The highest BCUT2D eigenvalue weighted by atomic mass is 35.5. The average molecular weight is 621 g/mol. The largest absolute Gasteiger partial charge is 0.444 e. The number of halogens is 2. The molecule has 1 spiro atoms. The maximum absolute atomic E-state index is 13.6. The summed E-state index contributed by atoms with van der Waals surface area (Å²) in [6.07, 6.45) is 2.70. The van der Waals surface area contributed by atoms with Crippen LogP contribution in [0.1, 0.15) is 70.1 Å². The summed E-state index contributed by atoms with van der Waals surface area (Å²) in [5, 5.41) is 0.852. The van der Waals surface area contributed by atoms with Crippen molar-refractivity contribution >= 4 is 47.0 Å². The van der Waals surface area contributed by atoms with Gasteiger partial charge < -0.3 is 14.5 Å². The smallest absolute Gasteiger partial charge is 0.410 e. The van der Waals surface area contributed by atoms with Gasteiger partial charge in [0.15, 0.2) is 0 Å². The van der Waals surface area contributed by atoms with Gasteiger partial charge in [0.25, 0.3) is 0 Å². The van der Waals surface area contributed by atoms with Gasteiger partial charge in [-0.3, -0.25) is 9.69 Å². The van der Waals surface area contributed by atoms with Gasteiger partial charge >= 0.3 is 6.09 Å². The van der Waals surface area contributed by atoms with Crippen molar-refractivity contribution in [3.05, 3.63) is 69.2 Å². The molecule has 4 rings (SSSR count). The first-order valence-corrected chi connectivity index (χ1v) is 16.2. The Morgan fingerprint density at radius 2 is 1.73 bits per heavy atom. The van der Waals surface area contributed by atoms with Gasteiger partial charge in [-0.2, -0.15) is 0 Å². The van der Waals surface area contributed by atoms with Crippen molar-refractivity contribution in [2.75, 3.05) is 40.3 Å². The van der Waals surface area contributed by atoms with Crippen LogP contribution in [0.3, 0.4) is 0 Å². The molecule has 2 aliphatic heterocycles. The zero-order chi connectivity index (χ0) is 30.0. The van der Waals surface area contributed by atoms with Gasteiger partial charge in [-0.25, -0.2) is 4.79 Å². The molecule has 1 fully saturated rings. The van der Waals surface area contributed by atoms with E-state index >= 15 is 0 Å². The second-order valence-electron chi connectivity index (χ2n) is 12.3. The molecule has 0 aliphatic carbocycles. The molecule has 0 N–H and O–H groups in total. The predicted octanol–water partition coefficient (Wildman–Crippen LogP) is 7.55. The van der Waals surface area contributed by atoms with Gasteiger partial charge in [0.1, 0.15) is 5.60 Å². The summed E-state index contributed by atoms with van der Waals surface area (Å²) in [5.74, 6) is 1.08. The fourth-order valence-electron chi connectivity index (χ4n) is 6.10. The Balaban J connectivity index is 1.64. The molecule has 0 saturated carbocycles. The van der Waals surface area contributed by atoms with Crippen LogP contribution < -0.4 is 0 Å². The number of hydrogen-bond acceptors (Lipinski definition) is 5. The summed E-state index contributed by atoms with van der Waals surface area (Å²) in [6.45, 7) is 10.4. The minimum atomic E-state index is -0.889. The predicted molar refractivity (Wildman–Crippen MR) is 170 cm³/mol. The van der Waals surface area contributed by atoms with Crippen molar-refractivity contribution in [2.45, 2.75) is 75.0 Å². The van der Waals surface area contributed by atoms with Gasteiger partial charge in [0.2, 0.25) is 5.91 Å². The van der Waals surface area contributed by atoms with Crippen LogP contribution in [-0.4, -0.2) is 72.6 Å².